The Bertz CT molecular complexity index is 1870. The van der Waals surface area contributed by atoms with Gasteiger partial charge in [-0.05, 0) is 72.3 Å². The zero-order valence-electron chi connectivity index (χ0n) is 22.9. The maximum absolute atomic E-state index is 12.5. The van der Waals surface area contributed by atoms with Gasteiger partial charge in [0.1, 0.15) is 17.9 Å². The number of ether oxygens (including phenoxy) is 1. The molecule has 0 aliphatic carbocycles. The van der Waals surface area contributed by atoms with E-state index in [2.05, 4.69) is 55.8 Å². The van der Waals surface area contributed by atoms with Crippen LogP contribution in [0.4, 0.5) is 18.9 Å². The van der Waals surface area contributed by atoms with Crippen molar-refractivity contribution in [3.05, 3.63) is 95.8 Å². The average Bonchev–Trinajstić information content (AvgIpc) is 3.57. The molecule has 42 heavy (non-hydrogen) atoms. The largest absolute Gasteiger partial charge is 0.573 e. The van der Waals surface area contributed by atoms with Gasteiger partial charge < -0.3 is 4.74 Å². The zero-order valence-corrected chi connectivity index (χ0v) is 23.7. The fraction of sp³-hybridized carbons (Fsp3) is 0.161. The SMILES string of the molecule is C/N=C1\CS/C(=N\N=C\c2ccc3c(ccc4c3ncn4-c3ccc(OC(F)(F)F)cc3)c2)N1c1c(C)cccc1C. The maximum Gasteiger partial charge on any atom is 0.573 e. The summed E-state index contributed by atoms with van der Waals surface area (Å²) in [7, 11) is 1.79. The van der Waals surface area contributed by atoms with Crippen molar-refractivity contribution in [2.24, 2.45) is 15.2 Å². The molecule has 0 saturated carbocycles. The second kappa shape index (κ2) is 11.0. The molecule has 0 bridgehead atoms. The molecule has 4 aromatic carbocycles. The van der Waals surface area contributed by atoms with Crippen LogP contribution < -0.4 is 9.64 Å². The Labute approximate surface area is 244 Å². The van der Waals surface area contributed by atoms with E-state index in [1.54, 1.807) is 43.5 Å². The first-order valence-corrected chi connectivity index (χ1v) is 14.0. The second-order valence-electron chi connectivity index (χ2n) is 9.70. The molecule has 0 atom stereocenters. The van der Waals surface area contributed by atoms with E-state index in [9.17, 15) is 13.2 Å². The number of aryl methyl sites for hydroxylation is 2. The van der Waals surface area contributed by atoms with Crippen LogP contribution in [0.25, 0.3) is 27.5 Å². The predicted molar refractivity (Wildman–Crippen MR) is 164 cm³/mol. The quantitative estimate of drug-likeness (QED) is 0.157. The third-order valence-corrected chi connectivity index (χ3v) is 7.88. The molecule has 0 amide bonds. The van der Waals surface area contributed by atoms with E-state index in [-0.39, 0.29) is 5.75 Å². The van der Waals surface area contributed by atoms with E-state index in [1.807, 2.05) is 41.0 Å². The summed E-state index contributed by atoms with van der Waals surface area (Å²) in [5, 5.41) is 11.7. The third-order valence-electron chi connectivity index (χ3n) is 6.96. The minimum absolute atomic E-state index is 0.274. The lowest BCUT2D eigenvalue weighted by Crippen LogP contribution is -2.30. The first-order valence-electron chi connectivity index (χ1n) is 13.0. The number of imidazole rings is 1. The highest BCUT2D eigenvalue weighted by molar-refractivity contribution is 8.15. The van der Waals surface area contributed by atoms with Gasteiger partial charge in [-0.15, -0.1) is 18.3 Å². The molecule has 6 rings (SSSR count). The molecular formula is C31H25F3N6OS. The molecule has 2 heterocycles. The topological polar surface area (TPSA) is 67.4 Å². The number of fused-ring (bicyclic) bond motifs is 3. The normalized spacial score (nSPS) is 16.1. The van der Waals surface area contributed by atoms with Gasteiger partial charge in [0.15, 0.2) is 5.17 Å². The molecule has 1 fully saturated rings. The first kappa shape index (κ1) is 27.5. The minimum Gasteiger partial charge on any atom is -0.406 e. The van der Waals surface area contributed by atoms with Crippen LogP contribution in [0.2, 0.25) is 0 Å². The van der Waals surface area contributed by atoms with Gasteiger partial charge in [-0.1, -0.05) is 48.2 Å². The molecule has 0 radical (unpaired) electrons. The molecule has 1 aliphatic rings. The Hall–Kier alpha value is -4.64. The maximum atomic E-state index is 12.5. The number of hydrogen-bond donors (Lipinski definition) is 0. The standard InChI is InChI=1S/C31H25F3N6OS/c1-19-5-4-6-20(2)29(19)40-27(35-3)17-42-30(40)38-37-16-21-7-13-25-22(15-21)8-14-26-28(25)36-18-39(26)23-9-11-24(12-10-23)41-31(32,33)34/h4-16,18H,17H2,1-3H3/b35-27+,37-16+,38-30-. The summed E-state index contributed by atoms with van der Waals surface area (Å²) in [6, 6.07) is 21.8. The number of thioether (sulfide) groups is 1. The number of aromatic nitrogens is 2. The van der Waals surface area contributed by atoms with Crippen LogP contribution in [0.5, 0.6) is 5.75 Å². The average molecular weight is 587 g/mol. The van der Waals surface area contributed by atoms with Crippen molar-refractivity contribution >= 4 is 56.5 Å². The lowest BCUT2D eigenvalue weighted by atomic mass is 10.1. The summed E-state index contributed by atoms with van der Waals surface area (Å²) in [6.45, 7) is 4.16. The fourth-order valence-electron chi connectivity index (χ4n) is 5.06. The number of hydrogen-bond acceptors (Lipinski definition) is 6. The highest BCUT2D eigenvalue weighted by Crippen LogP contribution is 2.33. The number of aliphatic imine (C=N–C) groups is 1. The van der Waals surface area contributed by atoms with Crippen LogP contribution in [0.15, 0.2) is 94.3 Å². The summed E-state index contributed by atoms with van der Waals surface area (Å²) in [4.78, 5) is 11.1. The van der Waals surface area contributed by atoms with E-state index in [0.717, 1.165) is 60.9 Å². The van der Waals surface area contributed by atoms with E-state index in [0.29, 0.717) is 5.69 Å². The van der Waals surface area contributed by atoms with Crippen molar-refractivity contribution in [3.63, 3.8) is 0 Å². The van der Waals surface area contributed by atoms with Gasteiger partial charge >= 0.3 is 6.36 Å². The lowest BCUT2D eigenvalue weighted by Gasteiger charge is -2.22. The van der Waals surface area contributed by atoms with E-state index in [4.69, 9.17) is 0 Å². The van der Waals surface area contributed by atoms with Crippen LogP contribution in [-0.4, -0.2) is 45.9 Å². The minimum atomic E-state index is -4.73. The van der Waals surface area contributed by atoms with Crippen molar-refractivity contribution in [1.29, 1.82) is 0 Å². The van der Waals surface area contributed by atoms with Crippen LogP contribution in [0, 0.1) is 13.8 Å². The number of alkyl halides is 3. The van der Waals surface area contributed by atoms with Crippen molar-refractivity contribution in [2.75, 3.05) is 17.7 Å². The van der Waals surface area contributed by atoms with Gasteiger partial charge in [-0.2, -0.15) is 5.10 Å². The highest BCUT2D eigenvalue weighted by Gasteiger charge is 2.31. The Balaban J connectivity index is 1.27. The second-order valence-corrected chi connectivity index (χ2v) is 10.6. The number of nitrogens with zero attached hydrogens (tertiary/aromatic N) is 6. The van der Waals surface area contributed by atoms with Gasteiger partial charge in [-0.25, -0.2) is 4.98 Å². The molecule has 0 unspecified atom stereocenters. The summed E-state index contributed by atoms with van der Waals surface area (Å²) >= 11 is 1.60. The Morgan fingerprint density at radius 2 is 1.74 bits per heavy atom. The van der Waals surface area contributed by atoms with Gasteiger partial charge in [0.05, 0.1) is 28.7 Å². The summed E-state index contributed by atoms with van der Waals surface area (Å²) in [5.41, 5.74) is 6.54. The molecule has 1 aliphatic heterocycles. The summed E-state index contributed by atoms with van der Waals surface area (Å²) in [5.74, 6) is 1.39. The zero-order chi connectivity index (χ0) is 29.4. The number of rotatable bonds is 5. The van der Waals surface area contributed by atoms with Crippen LogP contribution >= 0.6 is 11.8 Å². The van der Waals surface area contributed by atoms with Gasteiger partial charge in [0.25, 0.3) is 0 Å². The van der Waals surface area contributed by atoms with Crippen LogP contribution in [-0.2, 0) is 0 Å². The number of amidine groups is 2. The number of para-hydroxylation sites is 1. The van der Waals surface area contributed by atoms with Crippen molar-refractivity contribution in [2.45, 2.75) is 20.2 Å². The fourth-order valence-corrected chi connectivity index (χ4v) is 6.00. The number of halogens is 3. The van der Waals surface area contributed by atoms with E-state index < -0.39 is 6.36 Å². The van der Waals surface area contributed by atoms with Gasteiger partial charge in [-0.3, -0.25) is 14.5 Å². The Morgan fingerprint density at radius 3 is 2.45 bits per heavy atom. The predicted octanol–water partition coefficient (Wildman–Crippen LogP) is 7.67. The first-order chi connectivity index (χ1) is 20.2. The lowest BCUT2D eigenvalue weighted by molar-refractivity contribution is -0.274. The number of anilines is 1. The van der Waals surface area contributed by atoms with Crippen molar-refractivity contribution < 1.29 is 17.9 Å². The molecule has 1 saturated heterocycles. The molecule has 0 spiro atoms. The molecule has 5 aromatic rings. The highest BCUT2D eigenvalue weighted by atomic mass is 32.2. The molecular weight excluding hydrogens is 561 g/mol. The molecule has 0 N–H and O–H groups in total. The Kier molecular flexibility index (Phi) is 7.19. The van der Waals surface area contributed by atoms with Gasteiger partial charge in [0.2, 0.25) is 0 Å². The van der Waals surface area contributed by atoms with Gasteiger partial charge in [0, 0.05) is 18.1 Å². The smallest absolute Gasteiger partial charge is 0.406 e. The van der Waals surface area contributed by atoms with E-state index in [1.165, 1.54) is 12.1 Å². The van der Waals surface area contributed by atoms with E-state index >= 15 is 0 Å². The summed E-state index contributed by atoms with van der Waals surface area (Å²) < 4.78 is 43.3. The van der Waals surface area contributed by atoms with Crippen LogP contribution in [0.1, 0.15) is 16.7 Å². The molecule has 1 aromatic heterocycles. The van der Waals surface area contributed by atoms with Crippen molar-refractivity contribution in [3.8, 4) is 11.4 Å². The molecule has 11 heteroatoms. The Morgan fingerprint density at radius 1 is 0.976 bits per heavy atom. The molecule has 7 nitrogen and oxygen atoms in total. The summed E-state index contributed by atoms with van der Waals surface area (Å²) in [6.07, 6.45) is -1.35. The van der Waals surface area contributed by atoms with Crippen LogP contribution in [0.3, 0.4) is 0 Å². The molecule has 212 valence electrons. The third kappa shape index (κ3) is 5.35. The monoisotopic (exact) mass is 586 g/mol. The van der Waals surface area contributed by atoms with Crippen molar-refractivity contribution in [1.82, 2.24) is 9.55 Å². The number of benzene rings is 4.